The van der Waals surface area contributed by atoms with E-state index in [1.165, 1.54) is 25.0 Å². The van der Waals surface area contributed by atoms with Gasteiger partial charge in [-0.2, -0.15) is 11.8 Å². The van der Waals surface area contributed by atoms with Crippen molar-refractivity contribution in [1.29, 1.82) is 0 Å². The van der Waals surface area contributed by atoms with Gasteiger partial charge in [0, 0.05) is 5.25 Å². The Morgan fingerprint density at radius 1 is 1.30 bits per heavy atom. The summed E-state index contributed by atoms with van der Waals surface area (Å²) in [7, 11) is 0. The van der Waals surface area contributed by atoms with E-state index in [4.69, 9.17) is 0 Å². The van der Waals surface area contributed by atoms with Crippen LogP contribution in [0, 0.1) is 0 Å². The first-order chi connectivity index (χ1) is 4.81. The third-order valence-corrected chi connectivity index (χ3v) is 4.35. The average molecular weight is 158 g/mol. The molecule has 1 N–H and O–H groups in total. The van der Waals surface area contributed by atoms with Crippen molar-refractivity contribution in [3.63, 3.8) is 0 Å². The maximum Gasteiger partial charge on any atom is 0.0765 e. The van der Waals surface area contributed by atoms with E-state index in [1.54, 1.807) is 0 Å². The Morgan fingerprint density at radius 3 is 2.50 bits per heavy atom. The fourth-order valence-corrected chi connectivity index (χ4v) is 3.36. The van der Waals surface area contributed by atoms with Gasteiger partial charge in [0.25, 0.3) is 0 Å². The van der Waals surface area contributed by atoms with Crippen LogP contribution in [0.25, 0.3) is 0 Å². The van der Waals surface area contributed by atoms with Crippen LogP contribution in [-0.2, 0) is 0 Å². The van der Waals surface area contributed by atoms with Crippen molar-refractivity contribution in [2.45, 2.75) is 43.0 Å². The third-order valence-electron chi connectivity index (χ3n) is 2.75. The van der Waals surface area contributed by atoms with Gasteiger partial charge in [-0.15, -0.1) is 0 Å². The lowest BCUT2D eigenvalue weighted by Gasteiger charge is -2.41. The molecule has 1 heterocycles. The zero-order valence-corrected chi connectivity index (χ0v) is 6.99. The van der Waals surface area contributed by atoms with Gasteiger partial charge < -0.3 is 5.11 Å². The average Bonchev–Trinajstić information content (AvgIpc) is 2.33. The Balaban J connectivity index is 1.96. The summed E-state index contributed by atoms with van der Waals surface area (Å²) in [5.74, 6) is 1.27. The summed E-state index contributed by atoms with van der Waals surface area (Å²) in [5.41, 5.74) is -0.235. The van der Waals surface area contributed by atoms with Gasteiger partial charge in [0.1, 0.15) is 0 Å². The Hall–Kier alpha value is 0.310. The molecule has 0 spiro atoms. The van der Waals surface area contributed by atoms with Crippen LogP contribution in [-0.4, -0.2) is 21.7 Å². The number of hydrogen-bond donors (Lipinski definition) is 1. The van der Waals surface area contributed by atoms with Crippen LogP contribution in [0.1, 0.15) is 32.1 Å². The fourth-order valence-electron chi connectivity index (χ4n) is 1.86. The summed E-state index contributed by atoms with van der Waals surface area (Å²) >= 11 is 1.98. The molecule has 0 bridgehead atoms. The molecular formula is C8H14OS. The van der Waals surface area contributed by atoms with E-state index in [2.05, 4.69) is 0 Å². The van der Waals surface area contributed by atoms with E-state index in [0.717, 1.165) is 12.8 Å². The Bertz CT molecular complexity index is 125. The van der Waals surface area contributed by atoms with Crippen molar-refractivity contribution in [2.24, 2.45) is 0 Å². The number of rotatable bonds is 1. The number of hydrogen-bond acceptors (Lipinski definition) is 2. The topological polar surface area (TPSA) is 20.2 Å². The number of aliphatic hydroxyl groups is 1. The van der Waals surface area contributed by atoms with E-state index in [-0.39, 0.29) is 5.60 Å². The van der Waals surface area contributed by atoms with Gasteiger partial charge in [0.2, 0.25) is 0 Å². The molecule has 1 unspecified atom stereocenters. The van der Waals surface area contributed by atoms with Crippen LogP contribution in [0.4, 0.5) is 0 Å². The molecule has 1 saturated carbocycles. The molecule has 1 nitrogen and oxygen atoms in total. The molecule has 0 aromatic heterocycles. The predicted molar refractivity (Wildman–Crippen MR) is 44.3 cm³/mol. The lowest BCUT2D eigenvalue weighted by molar-refractivity contribution is -0.0345. The summed E-state index contributed by atoms with van der Waals surface area (Å²) in [5, 5.41) is 10.5. The molecule has 1 aliphatic carbocycles. The molecule has 2 heteroatoms. The largest absolute Gasteiger partial charge is 0.389 e. The zero-order valence-electron chi connectivity index (χ0n) is 6.18. The monoisotopic (exact) mass is 158 g/mol. The second-order valence-corrected chi connectivity index (χ2v) is 4.77. The first-order valence-corrected chi connectivity index (χ1v) is 5.20. The molecule has 1 aliphatic heterocycles. The molecule has 0 radical (unpaired) electrons. The quantitative estimate of drug-likeness (QED) is 0.628. The van der Waals surface area contributed by atoms with Crippen LogP contribution in [0.15, 0.2) is 0 Å². The van der Waals surface area contributed by atoms with Crippen molar-refractivity contribution in [3.8, 4) is 0 Å². The summed E-state index contributed by atoms with van der Waals surface area (Å²) in [6, 6.07) is 0. The zero-order chi connectivity index (χ0) is 7.03. The van der Waals surface area contributed by atoms with Gasteiger partial charge in [-0.3, -0.25) is 0 Å². The molecule has 1 atom stereocenters. The lowest BCUT2D eigenvalue weighted by atomic mass is 9.76. The fraction of sp³-hybridized carbons (Fsp3) is 1.00. The lowest BCUT2D eigenvalue weighted by Crippen LogP contribution is -2.45. The van der Waals surface area contributed by atoms with Gasteiger partial charge >= 0.3 is 0 Å². The minimum atomic E-state index is -0.235. The second-order valence-electron chi connectivity index (χ2n) is 3.46. The Kier molecular flexibility index (Phi) is 1.69. The van der Waals surface area contributed by atoms with E-state index in [0.29, 0.717) is 5.25 Å². The van der Waals surface area contributed by atoms with E-state index < -0.39 is 0 Å². The molecule has 58 valence electrons. The summed E-state index contributed by atoms with van der Waals surface area (Å²) < 4.78 is 0. The molecular weight excluding hydrogens is 144 g/mol. The standard InChI is InChI=1S/C8H14OS/c9-8(4-2-5-8)7-3-1-6-10-7/h7,9H,1-6H2. The van der Waals surface area contributed by atoms with Gasteiger partial charge in [0.05, 0.1) is 5.60 Å². The van der Waals surface area contributed by atoms with Crippen molar-refractivity contribution < 1.29 is 5.11 Å². The Morgan fingerprint density at radius 2 is 2.10 bits per heavy atom. The van der Waals surface area contributed by atoms with Crippen LogP contribution in [0.2, 0.25) is 0 Å². The normalized spacial score (nSPS) is 37.5. The Labute approximate surface area is 66.2 Å². The SMILES string of the molecule is OC1(C2CCCS2)CCC1. The first kappa shape index (κ1) is 6.99. The molecule has 2 rings (SSSR count). The predicted octanol–water partition coefficient (Wildman–Crippen LogP) is 1.80. The molecule has 0 aromatic carbocycles. The molecule has 0 amide bonds. The second kappa shape index (κ2) is 2.42. The van der Waals surface area contributed by atoms with E-state index in [9.17, 15) is 5.11 Å². The van der Waals surface area contributed by atoms with Crippen molar-refractivity contribution in [1.82, 2.24) is 0 Å². The third kappa shape index (κ3) is 0.978. The van der Waals surface area contributed by atoms with Crippen LogP contribution < -0.4 is 0 Å². The van der Waals surface area contributed by atoms with Crippen LogP contribution in [0.3, 0.4) is 0 Å². The highest BCUT2D eigenvalue weighted by Gasteiger charge is 2.43. The summed E-state index contributed by atoms with van der Waals surface area (Å²) in [6.45, 7) is 0. The highest BCUT2D eigenvalue weighted by Crippen LogP contribution is 2.45. The minimum absolute atomic E-state index is 0.235. The highest BCUT2D eigenvalue weighted by molar-refractivity contribution is 8.00. The molecule has 2 fully saturated rings. The first-order valence-electron chi connectivity index (χ1n) is 4.15. The van der Waals surface area contributed by atoms with Crippen molar-refractivity contribution in [2.75, 3.05) is 5.75 Å². The molecule has 10 heavy (non-hydrogen) atoms. The van der Waals surface area contributed by atoms with E-state index >= 15 is 0 Å². The van der Waals surface area contributed by atoms with Crippen molar-refractivity contribution >= 4 is 11.8 Å². The van der Waals surface area contributed by atoms with Gasteiger partial charge in [0.15, 0.2) is 0 Å². The molecule has 2 aliphatic rings. The maximum atomic E-state index is 9.89. The highest BCUT2D eigenvalue weighted by atomic mass is 32.2. The van der Waals surface area contributed by atoms with Crippen LogP contribution >= 0.6 is 11.8 Å². The van der Waals surface area contributed by atoms with Crippen LogP contribution in [0.5, 0.6) is 0 Å². The van der Waals surface area contributed by atoms with Gasteiger partial charge in [-0.25, -0.2) is 0 Å². The van der Waals surface area contributed by atoms with E-state index in [1.807, 2.05) is 11.8 Å². The smallest absolute Gasteiger partial charge is 0.0765 e. The van der Waals surface area contributed by atoms with Gasteiger partial charge in [-0.1, -0.05) is 0 Å². The molecule has 1 saturated heterocycles. The molecule has 0 aromatic rings. The summed E-state index contributed by atoms with van der Waals surface area (Å²) in [6.07, 6.45) is 5.93. The minimum Gasteiger partial charge on any atom is -0.389 e. The van der Waals surface area contributed by atoms with Gasteiger partial charge in [-0.05, 0) is 37.9 Å². The maximum absolute atomic E-state index is 9.89. The van der Waals surface area contributed by atoms with Crippen molar-refractivity contribution in [3.05, 3.63) is 0 Å². The summed E-state index contributed by atoms with van der Waals surface area (Å²) in [4.78, 5) is 0. The number of thioether (sulfide) groups is 1.